The van der Waals surface area contributed by atoms with Crippen LogP contribution in [0.25, 0.3) is 10.8 Å². The number of carbonyl (C=O) groups excluding carboxylic acids is 1. The molecule has 9 nitrogen and oxygen atoms in total. The maximum Gasteiger partial charge on any atom is 1.00 e. The molecule has 0 atom stereocenters. The van der Waals surface area contributed by atoms with Crippen LogP contribution < -0.4 is 44.7 Å². The minimum atomic E-state index is -4.76. The van der Waals surface area contributed by atoms with E-state index in [0.717, 1.165) is 0 Å². The molecule has 0 radical (unpaired) electrons. The van der Waals surface area contributed by atoms with Gasteiger partial charge in [0.15, 0.2) is 0 Å². The van der Waals surface area contributed by atoms with Crippen molar-refractivity contribution >= 4 is 67.1 Å². The van der Waals surface area contributed by atoms with Crippen molar-refractivity contribution in [1.29, 1.82) is 0 Å². The van der Waals surface area contributed by atoms with Crippen molar-refractivity contribution in [2.45, 2.75) is 18.7 Å². The zero-order chi connectivity index (χ0) is 27.6. The third kappa shape index (κ3) is 6.72. The van der Waals surface area contributed by atoms with Gasteiger partial charge in [-0.2, -0.15) is 13.5 Å². The average Bonchev–Trinajstić information content (AvgIpc) is 2.86. The minimum Gasteiger partial charge on any atom is -0.870 e. The van der Waals surface area contributed by atoms with E-state index >= 15 is 0 Å². The molecule has 39 heavy (non-hydrogen) atoms. The van der Waals surface area contributed by atoms with Crippen LogP contribution in [0.15, 0.2) is 75.8 Å². The molecule has 196 valence electrons. The summed E-state index contributed by atoms with van der Waals surface area (Å²) in [7, 11) is -4.76. The molecule has 0 bridgehead atoms. The molecule has 0 saturated heterocycles. The molecule has 4 aromatic rings. The maximum absolute atomic E-state index is 13.5. The molecule has 0 spiro atoms. The summed E-state index contributed by atoms with van der Waals surface area (Å²) in [5, 5.41) is 25.0. The monoisotopic (exact) mass is 595 g/mol. The third-order valence-corrected chi connectivity index (χ3v) is 7.20. The first-order chi connectivity index (χ1) is 18.0. The molecule has 13 heteroatoms. The molecule has 0 saturated carbocycles. The maximum atomic E-state index is 13.5. The van der Waals surface area contributed by atoms with Crippen LogP contribution in [0.2, 0.25) is 10.0 Å². The Morgan fingerprint density at radius 1 is 1.03 bits per heavy atom. The fourth-order valence-corrected chi connectivity index (χ4v) is 5.11. The van der Waals surface area contributed by atoms with E-state index in [-0.39, 0.29) is 62.2 Å². The van der Waals surface area contributed by atoms with Crippen LogP contribution in [0, 0.1) is 6.92 Å². The van der Waals surface area contributed by atoms with E-state index < -0.39 is 26.7 Å². The Morgan fingerprint density at radius 3 is 2.38 bits per heavy atom. The normalized spacial score (nSPS) is 11.4. The van der Waals surface area contributed by atoms with Gasteiger partial charge in [0.05, 0.1) is 28.0 Å². The first-order valence-electron chi connectivity index (χ1n) is 11.2. The number of fused-ring (bicyclic) bond motifs is 1. The topological polar surface area (TPSA) is 140 Å². The quantitative estimate of drug-likeness (QED) is 0.189. The van der Waals surface area contributed by atoms with Gasteiger partial charge in [-0.05, 0) is 49.1 Å². The minimum absolute atomic E-state index is 0. The Balaban J connectivity index is 0.00000420. The first kappa shape index (κ1) is 30.8. The molecule has 1 amide bonds. The van der Waals surface area contributed by atoms with Gasteiger partial charge in [-0.1, -0.05) is 59.3 Å². The molecular formula is C26H20Cl2N3NaO6S. The van der Waals surface area contributed by atoms with Gasteiger partial charge in [-0.25, -0.2) is 0 Å². The summed E-state index contributed by atoms with van der Waals surface area (Å²) in [5.41, 5.74) is -0.111. The van der Waals surface area contributed by atoms with E-state index in [0.29, 0.717) is 28.7 Å². The van der Waals surface area contributed by atoms with Gasteiger partial charge in [0.25, 0.3) is 16.0 Å². The summed E-state index contributed by atoms with van der Waals surface area (Å²) < 4.78 is 39.1. The van der Waals surface area contributed by atoms with Gasteiger partial charge in [-0.3, -0.25) is 9.35 Å². The van der Waals surface area contributed by atoms with Gasteiger partial charge in [0.1, 0.15) is 16.3 Å². The Kier molecular flexibility index (Phi) is 10.0. The molecular weight excluding hydrogens is 576 g/mol. The number of nitrogens with one attached hydrogen (secondary N) is 1. The summed E-state index contributed by atoms with van der Waals surface area (Å²) in [6.07, 6.45) is 0. The van der Waals surface area contributed by atoms with Crippen molar-refractivity contribution in [2.75, 3.05) is 11.9 Å². The number of hydrogen-bond acceptors (Lipinski definition) is 7. The Hall–Kier alpha value is -2.70. The van der Waals surface area contributed by atoms with Crippen molar-refractivity contribution < 1.29 is 57.2 Å². The second kappa shape index (κ2) is 12.6. The number of carbonyl (C=O) groups is 1. The molecule has 4 rings (SSSR count). The number of hydrogen-bond donors (Lipinski definition) is 2. The molecule has 0 fully saturated rings. The molecule has 4 aromatic carbocycles. The second-order valence-corrected chi connectivity index (χ2v) is 10.2. The average molecular weight is 596 g/mol. The number of rotatable bonds is 7. The van der Waals surface area contributed by atoms with Crippen molar-refractivity contribution in [2.24, 2.45) is 10.2 Å². The summed E-state index contributed by atoms with van der Waals surface area (Å²) in [4.78, 5) is 12.6. The van der Waals surface area contributed by atoms with Crippen LogP contribution in [-0.4, -0.2) is 25.5 Å². The zero-order valence-electron chi connectivity index (χ0n) is 21.0. The van der Waals surface area contributed by atoms with Gasteiger partial charge in [-0.15, -0.1) is 5.11 Å². The van der Waals surface area contributed by atoms with Gasteiger partial charge < -0.3 is 15.2 Å². The second-order valence-electron chi connectivity index (χ2n) is 8.07. The van der Waals surface area contributed by atoms with E-state index in [1.165, 1.54) is 24.3 Å². The number of benzene rings is 4. The molecule has 0 unspecified atom stereocenters. The molecule has 0 aliphatic carbocycles. The Labute approximate surface area is 256 Å². The molecule has 0 aliphatic heterocycles. The molecule has 0 heterocycles. The smallest absolute Gasteiger partial charge is 0.870 e. The van der Waals surface area contributed by atoms with Crippen LogP contribution in [0.1, 0.15) is 22.8 Å². The van der Waals surface area contributed by atoms with E-state index in [9.17, 15) is 22.9 Å². The molecule has 0 aliphatic rings. The van der Waals surface area contributed by atoms with E-state index in [1.54, 1.807) is 43.3 Å². The van der Waals surface area contributed by atoms with Crippen LogP contribution in [0.4, 0.5) is 17.1 Å². The molecule has 0 aromatic heterocycles. The van der Waals surface area contributed by atoms with Gasteiger partial charge in [0.2, 0.25) is 0 Å². The van der Waals surface area contributed by atoms with Crippen LogP contribution in [0.5, 0.6) is 11.5 Å². The summed E-state index contributed by atoms with van der Waals surface area (Å²) in [5.74, 6) is -1.02. The number of amides is 1. The Bertz CT molecular complexity index is 1710. The van der Waals surface area contributed by atoms with Gasteiger partial charge in [0, 0.05) is 17.0 Å². The Morgan fingerprint density at radius 2 is 1.69 bits per heavy atom. The van der Waals surface area contributed by atoms with Gasteiger partial charge >= 0.3 is 29.6 Å². The van der Waals surface area contributed by atoms with Crippen molar-refractivity contribution in [3.63, 3.8) is 0 Å². The largest absolute Gasteiger partial charge is 1.00 e. The number of azo groups is 1. The molecule has 2 N–H and O–H groups in total. The first-order valence-corrected chi connectivity index (χ1v) is 13.4. The van der Waals surface area contributed by atoms with E-state index in [4.69, 9.17) is 27.9 Å². The number of anilines is 1. The summed E-state index contributed by atoms with van der Waals surface area (Å²) in [6.45, 7) is 3.76. The van der Waals surface area contributed by atoms with Crippen LogP contribution >= 0.6 is 23.2 Å². The number of nitrogens with zero attached hydrogens (tertiary/aromatic N) is 2. The number of halogens is 2. The standard InChI is InChI=1S/C26H21Cl2N3O6S.Na/c1-3-37-16-9-11-19(27)21(13-16)29-26(33)18-12-15-6-4-5-7-17(15)23(24(18)32)31-30-22-14(2)8-10-20(28)25(22)38(34,35)36;/h4-13,32H,3H2,1-2H3,(H,29,33)(H,34,35,36);/q;+1/p-1. The van der Waals surface area contributed by atoms with E-state index in [1.807, 2.05) is 6.92 Å². The van der Waals surface area contributed by atoms with Crippen molar-refractivity contribution in [3.05, 3.63) is 81.8 Å². The van der Waals surface area contributed by atoms with Crippen LogP contribution in [0.3, 0.4) is 0 Å². The fourth-order valence-electron chi connectivity index (χ4n) is 3.74. The predicted molar refractivity (Wildman–Crippen MR) is 144 cm³/mol. The van der Waals surface area contributed by atoms with E-state index in [2.05, 4.69) is 15.5 Å². The number of ether oxygens (including phenoxy) is 1. The SMILES string of the molecule is CCOc1ccc(Cl)c(NC(=O)c2cc3ccccc3c(N=Nc3c(C)ccc(Cl)c3S(=O)(=O)O)c2[O-])c1.[Na+]. The van der Waals surface area contributed by atoms with Crippen molar-refractivity contribution in [1.82, 2.24) is 0 Å². The third-order valence-electron chi connectivity index (χ3n) is 5.51. The fraction of sp³-hybridized carbons (Fsp3) is 0.115. The summed E-state index contributed by atoms with van der Waals surface area (Å²) in [6, 6.07) is 15.6. The zero-order valence-corrected chi connectivity index (χ0v) is 25.4. The summed E-state index contributed by atoms with van der Waals surface area (Å²) >= 11 is 12.2. The van der Waals surface area contributed by atoms with Crippen molar-refractivity contribution in [3.8, 4) is 11.5 Å². The van der Waals surface area contributed by atoms with Crippen LogP contribution in [-0.2, 0) is 10.1 Å². The number of aryl methyl sites for hydroxylation is 1. The predicted octanol–water partition coefficient (Wildman–Crippen LogP) is 3.85.